The van der Waals surface area contributed by atoms with Crippen molar-refractivity contribution in [1.29, 1.82) is 0 Å². The van der Waals surface area contributed by atoms with Gasteiger partial charge in [0.1, 0.15) is 6.54 Å². The maximum atomic E-state index is 12.3. The number of fused-ring (bicyclic) bond motifs is 1. The highest BCUT2D eigenvalue weighted by Crippen LogP contribution is 2.16. The number of para-hydroxylation sites is 2. The van der Waals surface area contributed by atoms with Gasteiger partial charge in [0.25, 0.3) is 15.9 Å². The number of aromatic amines is 1. The zero-order valence-corrected chi connectivity index (χ0v) is 15.5. The van der Waals surface area contributed by atoms with E-state index < -0.39 is 33.6 Å². The molecule has 0 aliphatic carbocycles. The summed E-state index contributed by atoms with van der Waals surface area (Å²) < 4.78 is 27.9. The number of nitrogens with zero attached hydrogens (tertiary/aromatic N) is 1. The molecule has 0 unspecified atom stereocenters. The maximum Gasteiger partial charge on any atom is 0.317 e. The number of H-pyrrole nitrogens is 1. The van der Waals surface area contributed by atoms with Crippen molar-refractivity contribution in [1.82, 2.24) is 14.3 Å². The Kier molecular flexibility index (Phi) is 4.79. The number of carbonyl (C=O) groups is 1. The Labute approximate surface area is 155 Å². The molecule has 3 rings (SSSR count). The van der Waals surface area contributed by atoms with Gasteiger partial charge in [0, 0.05) is 4.47 Å². The molecule has 2 N–H and O–H groups in total. The van der Waals surface area contributed by atoms with Gasteiger partial charge in [-0.15, -0.1) is 0 Å². The fourth-order valence-electron chi connectivity index (χ4n) is 2.40. The molecule has 0 radical (unpaired) electrons. The van der Waals surface area contributed by atoms with Gasteiger partial charge in [-0.1, -0.05) is 34.1 Å². The lowest BCUT2D eigenvalue weighted by molar-refractivity contribution is -0.119. The number of benzene rings is 2. The molecule has 0 saturated heterocycles. The standard InChI is InChI=1S/C16H12BrN3O5S/c17-10-4-3-5-11(8-10)26(24,25)19-14(21)9-20-13-7-2-1-6-12(13)18-15(22)16(20)23/h1-8H,9H2,(H,18,22)(H,19,21). The van der Waals surface area contributed by atoms with Crippen LogP contribution in [-0.2, 0) is 21.4 Å². The van der Waals surface area contributed by atoms with Crippen LogP contribution in [0.25, 0.3) is 11.0 Å². The fourth-order valence-corrected chi connectivity index (χ4v) is 3.97. The number of halogens is 1. The van der Waals surface area contributed by atoms with Crippen LogP contribution in [0, 0.1) is 0 Å². The lowest BCUT2D eigenvalue weighted by atomic mass is 10.3. The molecule has 1 aromatic heterocycles. The van der Waals surface area contributed by atoms with Crippen LogP contribution in [-0.4, -0.2) is 23.9 Å². The van der Waals surface area contributed by atoms with Gasteiger partial charge in [-0.25, -0.2) is 13.1 Å². The second-order valence-corrected chi connectivity index (χ2v) is 7.95. The van der Waals surface area contributed by atoms with Crippen molar-refractivity contribution in [3.8, 4) is 0 Å². The van der Waals surface area contributed by atoms with Gasteiger partial charge in [-0.2, -0.15) is 0 Å². The molecule has 0 aliphatic rings. The Morgan fingerprint density at radius 1 is 1.12 bits per heavy atom. The van der Waals surface area contributed by atoms with E-state index in [0.29, 0.717) is 15.5 Å². The fraction of sp³-hybridized carbons (Fsp3) is 0.0625. The van der Waals surface area contributed by atoms with Gasteiger partial charge in [-0.3, -0.25) is 19.0 Å². The average molecular weight is 438 g/mol. The van der Waals surface area contributed by atoms with E-state index in [1.165, 1.54) is 18.2 Å². The highest BCUT2D eigenvalue weighted by molar-refractivity contribution is 9.10. The van der Waals surface area contributed by atoms with Crippen LogP contribution in [0.5, 0.6) is 0 Å². The number of carbonyl (C=O) groups excluding carboxylic acids is 1. The van der Waals surface area contributed by atoms with Gasteiger partial charge in [0.2, 0.25) is 0 Å². The Balaban J connectivity index is 1.94. The largest absolute Gasteiger partial charge is 0.317 e. The van der Waals surface area contributed by atoms with Crippen molar-refractivity contribution in [2.24, 2.45) is 0 Å². The zero-order valence-electron chi connectivity index (χ0n) is 13.1. The van der Waals surface area contributed by atoms with Crippen molar-refractivity contribution in [3.63, 3.8) is 0 Å². The first-order valence-corrected chi connectivity index (χ1v) is 9.58. The molecule has 0 atom stereocenters. The molecule has 10 heteroatoms. The summed E-state index contributed by atoms with van der Waals surface area (Å²) in [4.78, 5) is 38.3. The van der Waals surface area contributed by atoms with Gasteiger partial charge < -0.3 is 4.98 Å². The van der Waals surface area contributed by atoms with Crippen molar-refractivity contribution < 1.29 is 13.2 Å². The van der Waals surface area contributed by atoms with E-state index >= 15 is 0 Å². The summed E-state index contributed by atoms with van der Waals surface area (Å²) in [6.45, 7) is -0.615. The first-order chi connectivity index (χ1) is 12.3. The van der Waals surface area contributed by atoms with E-state index in [1.807, 2.05) is 4.72 Å². The highest BCUT2D eigenvalue weighted by atomic mass is 79.9. The predicted octanol–water partition coefficient (Wildman–Crippen LogP) is 0.957. The number of hydrogen-bond donors (Lipinski definition) is 2. The molecule has 0 bridgehead atoms. The van der Waals surface area contributed by atoms with Crippen LogP contribution in [0.2, 0.25) is 0 Å². The van der Waals surface area contributed by atoms with Crippen LogP contribution < -0.4 is 15.8 Å². The monoisotopic (exact) mass is 437 g/mol. The molecule has 0 fully saturated rings. The van der Waals surface area contributed by atoms with Crippen LogP contribution in [0.3, 0.4) is 0 Å². The summed E-state index contributed by atoms with van der Waals surface area (Å²) in [5, 5.41) is 0. The third-order valence-electron chi connectivity index (χ3n) is 3.54. The minimum absolute atomic E-state index is 0.108. The Morgan fingerprint density at radius 2 is 1.85 bits per heavy atom. The first kappa shape index (κ1) is 18.1. The summed E-state index contributed by atoms with van der Waals surface area (Å²) in [7, 11) is -4.11. The molecule has 1 amide bonds. The topological polar surface area (TPSA) is 118 Å². The summed E-state index contributed by atoms with van der Waals surface area (Å²) in [5.74, 6) is -0.942. The molecule has 26 heavy (non-hydrogen) atoms. The summed E-state index contributed by atoms with van der Waals surface area (Å²) in [5.41, 5.74) is -1.17. The molecule has 0 aliphatic heterocycles. The number of aromatic nitrogens is 2. The molecule has 0 spiro atoms. The molecule has 8 nitrogen and oxygen atoms in total. The lowest BCUT2D eigenvalue weighted by Gasteiger charge is -2.10. The quantitative estimate of drug-likeness (QED) is 0.589. The van der Waals surface area contributed by atoms with E-state index in [0.717, 1.165) is 4.57 Å². The Bertz CT molecular complexity index is 1230. The van der Waals surface area contributed by atoms with E-state index in [1.54, 1.807) is 30.3 Å². The molecule has 1 heterocycles. The number of sulfonamides is 1. The average Bonchev–Trinajstić information content (AvgIpc) is 2.58. The molecule has 3 aromatic rings. The maximum absolute atomic E-state index is 12.3. The van der Waals surface area contributed by atoms with Crippen molar-refractivity contribution in [3.05, 3.63) is 73.7 Å². The molecular formula is C16H12BrN3O5S. The normalized spacial score (nSPS) is 11.4. The van der Waals surface area contributed by atoms with Gasteiger partial charge in [-0.05, 0) is 30.3 Å². The number of hydrogen-bond acceptors (Lipinski definition) is 5. The smallest absolute Gasteiger partial charge is 0.316 e. The van der Waals surface area contributed by atoms with Crippen LogP contribution in [0.4, 0.5) is 0 Å². The van der Waals surface area contributed by atoms with Crippen LogP contribution >= 0.6 is 15.9 Å². The van der Waals surface area contributed by atoms with Crippen LogP contribution in [0.15, 0.2) is 67.5 Å². The van der Waals surface area contributed by atoms with E-state index in [2.05, 4.69) is 20.9 Å². The van der Waals surface area contributed by atoms with Gasteiger partial charge >= 0.3 is 11.1 Å². The predicted molar refractivity (Wildman–Crippen MR) is 98.3 cm³/mol. The second-order valence-electron chi connectivity index (χ2n) is 5.35. The SMILES string of the molecule is O=C(Cn1c(=O)c(=O)[nH]c2ccccc21)NS(=O)(=O)c1cccc(Br)c1. The molecule has 134 valence electrons. The molecule has 0 saturated carbocycles. The van der Waals surface area contributed by atoms with Gasteiger partial charge in [0.15, 0.2) is 0 Å². The van der Waals surface area contributed by atoms with Crippen molar-refractivity contribution in [2.45, 2.75) is 11.4 Å². The Morgan fingerprint density at radius 3 is 2.58 bits per heavy atom. The summed E-state index contributed by atoms with van der Waals surface area (Å²) >= 11 is 3.16. The number of amides is 1. The second kappa shape index (κ2) is 6.89. The van der Waals surface area contributed by atoms with Gasteiger partial charge in [0.05, 0.1) is 15.9 Å². The van der Waals surface area contributed by atoms with Crippen molar-refractivity contribution in [2.75, 3.05) is 0 Å². The molecule has 2 aromatic carbocycles. The highest BCUT2D eigenvalue weighted by Gasteiger charge is 2.19. The number of rotatable bonds is 4. The lowest BCUT2D eigenvalue weighted by Crippen LogP contribution is -2.41. The molecular weight excluding hydrogens is 426 g/mol. The summed E-state index contributed by atoms with van der Waals surface area (Å²) in [6, 6.07) is 12.2. The minimum Gasteiger partial charge on any atom is -0.316 e. The summed E-state index contributed by atoms with van der Waals surface area (Å²) in [6.07, 6.45) is 0. The zero-order chi connectivity index (χ0) is 18.9. The first-order valence-electron chi connectivity index (χ1n) is 7.31. The third-order valence-corrected chi connectivity index (χ3v) is 5.40. The third kappa shape index (κ3) is 3.60. The number of nitrogens with one attached hydrogen (secondary N) is 2. The Hall–Kier alpha value is -2.72. The van der Waals surface area contributed by atoms with E-state index in [9.17, 15) is 22.8 Å². The van der Waals surface area contributed by atoms with Crippen molar-refractivity contribution >= 4 is 42.9 Å². The minimum atomic E-state index is -4.11. The van der Waals surface area contributed by atoms with E-state index in [4.69, 9.17) is 0 Å². The van der Waals surface area contributed by atoms with E-state index in [-0.39, 0.29) is 4.90 Å². The van der Waals surface area contributed by atoms with Crippen LogP contribution in [0.1, 0.15) is 0 Å².